The highest BCUT2D eigenvalue weighted by Gasteiger charge is 2.12. The van der Waals surface area contributed by atoms with Crippen molar-refractivity contribution < 1.29 is 5.11 Å². The van der Waals surface area contributed by atoms with Gasteiger partial charge in [0.1, 0.15) is 0 Å². The Hall–Kier alpha value is -1.06. The van der Waals surface area contributed by atoms with Crippen molar-refractivity contribution in [3.05, 3.63) is 28.9 Å². The fraction of sp³-hybridized carbons (Fsp3) is 0.417. The van der Waals surface area contributed by atoms with E-state index in [-0.39, 0.29) is 6.61 Å². The molecule has 0 fully saturated rings. The average molecular weight is 239 g/mol. The van der Waals surface area contributed by atoms with Crippen LogP contribution in [0.2, 0.25) is 5.02 Å². The van der Waals surface area contributed by atoms with E-state index in [1.807, 2.05) is 16.8 Å². The van der Waals surface area contributed by atoms with Gasteiger partial charge in [-0.1, -0.05) is 25.4 Å². The number of benzene rings is 1. The van der Waals surface area contributed by atoms with Crippen LogP contribution in [0.15, 0.2) is 18.3 Å². The molecule has 0 aliphatic heterocycles. The fourth-order valence-electron chi connectivity index (χ4n) is 1.93. The normalized spacial score (nSPS) is 11.6. The third-order valence-electron chi connectivity index (χ3n) is 2.66. The molecule has 0 amide bonds. The maximum atomic E-state index is 8.99. The molecule has 0 spiro atoms. The minimum Gasteiger partial charge on any atom is -0.394 e. The summed E-state index contributed by atoms with van der Waals surface area (Å²) in [7, 11) is 0. The Morgan fingerprint density at radius 3 is 2.81 bits per heavy atom. The molecule has 0 atom stereocenters. The van der Waals surface area contributed by atoms with Crippen LogP contribution in [0.4, 0.5) is 0 Å². The summed E-state index contributed by atoms with van der Waals surface area (Å²) in [6.45, 7) is 4.87. The predicted molar refractivity (Wildman–Crippen MR) is 65.9 cm³/mol. The van der Waals surface area contributed by atoms with Crippen molar-refractivity contribution in [1.29, 1.82) is 0 Å². The number of fused-ring (bicyclic) bond motifs is 1. The second-order valence-electron chi connectivity index (χ2n) is 4.18. The first-order chi connectivity index (χ1) is 7.63. The van der Waals surface area contributed by atoms with E-state index in [0.29, 0.717) is 12.5 Å². The van der Waals surface area contributed by atoms with E-state index in [1.54, 1.807) is 6.20 Å². The molecule has 1 aromatic carbocycles. The minimum absolute atomic E-state index is 0.0942. The van der Waals surface area contributed by atoms with Gasteiger partial charge in [0, 0.05) is 10.4 Å². The van der Waals surface area contributed by atoms with Crippen LogP contribution in [0, 0.1) is 0 Å². The largest absolute Gasteiger partial charge is 0.394 e. The predicted octanol–water partition coefficient (Wildman–Crippen LogP) is 2.81. The molecule has 0 bridgehead atoms. The second-order valence-corrected chi connectivity index (χ2v) is 4.62. The van der Waals surface area contributed by atoms with Crippen molar-refractivity contribution in [3.63, 3.8) is 0 Å². The number of aliphatic hydroxyl groups is 1. The van der Waals surface area contributed by atoms with Crippen molar-refractivity contribution in [1.82, 2.24) is 9.78 Å². The van der Waals surface area contributed by atoms with Crippen molar-refractivity contribution in [2.75, 3.05) is 6.61 Å². The highest BCUT2D eigenvalue weighted by Crippen LogP contribution is 2.29. The van der Waals surface area contributed by atoms with Crippen molar-refractivity contribution >= 4 is 22.5 Å². The first-order valence-electron chi connectivity index (χ1n) is 5.39. The zero-order valence-corrected chi connectivity index (χ0v) is 10.2. The van der Waals surface area contributed by atoms with E-state index in [9.17, 15) is 0 Å². The molecule has 4 heteroatoms. The summed E-state index contributed by atoms with van der Waals surface area (Å²) in [5, 5.41) is 15.0. The number of rotatable bonds is 3. The van der Waals surface area contributed by atoms with Crippen LogP contribution in [-0.4, -0.2) is 21.5 Å². The van der Waals surface area contributed by atoms with E-state index in [0.717, 1.165) is 15.9 Å². The zero-order chi connectivity index (χ0) is 11.7. The smallest absolute Gasteiger partial charge is 0.0719 e. The molecule has 3 nitrogen and oxygen atoms in total. The summed E-state index contributed by atoms with van der Waals surface area (Å²) >= 11 is 6.07. The Morgan fingerprint density at radius 2 is 2.19 bits per heavy atom. The summed E-state index contributed by atoms with van der Waals surface area (Å²) in [5.74, 6) is 0.385. The van der Waals surface area contributed by atoms with Gasteiger partial charge in [0.25, 0.3) is 0 Å². The maximum absolute atomic E-state index is 8.99. The number of hydrogen-bond donors (Lipinski definition) is 1. The lowest BCUT2D eigenvalue weighted by Crippen LogP contribution is -2.05. The van der Waals surface area contributed by atoms with Crippen LogP contribution in [0.3, 0.4) is 0 Å². The molecule has 86 valence electrons. The van der Waals surface area contributed by atoms with Gasteiger partial charge in [-0.15, -0.1) is 0 Å². The van der Waals surface area contributed by atoms with Gasteiger partial charge in [-0.2, -0.15) is 5.10 Å². The Balaban J connectivity index is 2.69. The first-order valence-corrected chi connectivity index (χ1v) is 5.77. The van der Waals surface area contributed by atoms with Crippen LogP contribution in [0.25, 0.3) is 10.9 Å². The van der Waals surface area contributed by atoms with Crippen molar-refractivity contribution in [2.24, 2.45) is 0 Å². The van der Waals surface area contributed by atoms with Gasteiger partial charge in [0.15, 0.2) is 0 Å². The summed E-state index contributed by atoms with van der Waals surface area (Å²) in [6.07, 6.45) is 1.79. The SMILES string of the molecule is CC(C)c1cc(Cl)cc2cnn(CCO)c12. The molecule has 0 aliphatic rings. The summed E-state index contributed by atoms with van der Waals surface area (Å²) in [6, 6.07) is 3.88. The van der Waals surface area contributed by atoms with Gasteiger partial charge in [-0.25, -0.2) is 0 Å². The van der Waals surface area contributed by atoms with Crippen molar-refractivity contribution in [2.45, 2.75) is 26.3 Å². The lowest BCUT2D eigenvalue weighted by molar-refractivity contribution is 0.271. The summed E-state index contributed by atoms with van der Waals surface area (Å²) in [5.41, 5.74) is 2.25. The monoisotopic (exact) mass is 238 g/mol. The quantitative estimate of drug-likeness (QED) is 0.893. The molecule has 0 aliphatic carbocycles. The van der Waals surface area contributed by atoms with Crippen LogP contribution in [0.5, 0.6) is 0 Å². The van der Waals surface area contributed by atoms with Gasteiger partial charge < -0.3 is 5.11 Å². The molecule has 0 radical (unpaired) electrons. The summed E-state index contributed by atoms with van der Waals surface area (Å²) in [4.78, 5) is 0. The molecule has 1 N–H and O–H groups in total. The van der Waals surface area contributed by atoms with E-state index in [1.165, 1.54) is 5.56 Å². The second kappa shape index (κ2) is 4.44. The molecule has 16 heavy (non-hydrogen) atoms. The third kappa shape index (κ3) is 1.93. The Bertz CT molecular complexity index is 505. The molecule has 1 heterocycles. The zero-order valence-electron chi connectivity index (χ0n) is 9.44. The van der Waals surface area contributed by atoms with Crippen LogP contribution >= 0.6 is 11.6 Å². The van der Waals surface area contributed by atoms with Crippen LogP contribution in [0.1, 0.15) is 25.3 Å². The first kappa shape index (κ1) is 11.4. The Labute approximate surface area is 99.6 Å². The number of nitrogens with zero attached hydrogens (tertiary/aromatic N) is 2. The molecular formula is C12H15ClN2O. The Kier molecular flexibility index (Phi) is 3.17. The third-order valence-corrected chi connectivity index (χ3v) is 2.88. The topological polar surface area (TPSA) is 38.0 Å². The van der Waals surface area contributed by atoms with E-state index < -0.39 is 0 Å². The number of aliphatic hydroxyl groups excluding tert-OH is 1. The fourth-order valence-corrected chi connectivity index (χ4v) is 2.17. The number of hydrogen-bond acceptors (Lipinski definition) is 2. The lowest BCUT2D eigenvalue weighted by Gasteiger charge is -2.10. The maximum Gasteiger partial charge on any atom is 0.0719 e. The molecule has 1 aromatic heterocycles. The van der Waals surface area contributed by atoms with Gasteiger partial charge in [-0.05, 0) is 23.6 Å². The van der Waals surface area contributed by atoms with E-state index >= 15 is 0 Å². The van der Waals surface area contributed by atoms with Crippen LogP contribution < -0.4 is 0 Å². The average Bonchev–Trinajstić information content (AvgIpc) is 2.60. The molecule has 2 aromatic rings. The number of aromatic nitrogens is 2. The Morgan fingerprint density at radius 1 is 1.44 bits per heavy atom. The lowest BCUT2D eigenvalue weighted by atomic mass is 10.0. The summed E-state index contributed by atoms with van der Waals surface area (Å²) < 4.78 is 1.83. The van der Waals surface area contributed by atoms with Gasteiger partial charge in [0.05, 0.1) is 24.9 Å². The van der Waals surface area contributed by atoms with Gasteiger partial charge in [-0.3, -0.25) is 4.68 Å². The standard InChI is InChI=1S/C12H15ClN2O/c1-8(2)11-6-10(13)5-9-7-14-15(3-4-16)12(9)11/h5-8,16H,3-4H2,1-2H3. The van der Waals surface area contributed by atoms with E-state index in [2.05, 4.69) is 18.9 Å². The molecule has 2 rings (SSSR count). The molecular weight excluding hydrogens is 224 g/mol. The molecule has 0 saturated carbocycles. The van der Waals surface area contributed by atoms with Crippen molar-refractivity contribution in [3.8, 4) is 0 Å². The molecule has 0 saturated heterocycles. The minimum atomic E-state index is 0.0942. The van der Waals surface area contributed by atoms with Gasteiger partial charge >= 0.3 is 0 Å². The van der Waals surface area contributed by atoms with Gasteiger partial charge in [0.2, 0.25) is 0 Å². The van der Waals surface area contributed by atoms with Crippen LogP contribution in [-0.2, 0) is 6.54 Å². The van der Waals surface area contributed by atoms with E-state index in [4.69, 9.17) is 16.7 Å². The highest BCUT2D eigenvalue weighted by molar-refractivity contribution is 6.31. The number of halogens is 1. The molecule has 0 unspecified atom stereocenters. The highest BCUT2D eigenvalue weighted by atomic mass is 35.5.